The number of hydrogen-bond acceptors (Lipinski definition) is 4. The molecule has 18 heavy (non-hydrogen) atoms. The Morgan fingerprint density at radius 3 is 2.33 bits per heavy atom. The average molecular weight is 255 g/mol. The van der Waals surface area contributed by atoms with E-state index in [0.29, 0.717) is 13.0 Å². The van der Waals surface area contributed by atoms with Gasteiger partial charge in [-0.1, -0.05) is 6.42 Å². The Morgan fingerprint density at radius 1 is 1.06 bits per heavy atom. The highest BCUT2D eigenvalue weighted by molar-refractivity contribution is 5.83. The van der Waals surface area contributed by atoms with Crippen LogP contribution in [0.15, 0.2) is 0 Å². The monoisotopic (exact) mass is 255 g/mol. The fraction of sp³-hybridized carbons (Fsp3) is 0.923. The van der Waals surface area contributed by atoms with Crippen LogP contribution in [-0.4, -0.2) is 65.7 Å². The van der Waals surface area contributed by atoms with Crippen LogP contribution >= 0.6 is 0 Å². The number of β-amino-alcohol motifs (C(OH)–C–C–N with tert-alkyl or cyclic N) is 1. The first kappa shape index (κ1) is 13.8. The molecule has 0 aromatic carbocycles. The lowest BCUT2D eigenvalue weighted by Gasteiger charge is -2.38. The fourth-order valence-electron chi connectivity index (χ4n) is 2.98. The molecule has 2 saturated heterocycles. The van der Waals surface area contributed by atoms with Gasteiger partial charge in [0.1, 0.15) is 0 Å². The molecule has 2 rings (SSSR count). The van der Waals surface area contributed by atoms with Crippen LogP contribution in [0.3, 0.4) is 0 Å². The first-order valence-electron chi connectivity index (χ1n) is 7.07. The van der Waals surface area contributed by atoms with Crippen molar-refractivity contribution in [3.05, 3.63) is 0 Å². The number of aliphatic hydroxyl groups is 1. The molecule has 5 nitrogen and oxygen atoms in total. The zero-order valence-electron chi connectivity index (χ0n) is 11.1. The summed E-state index contributed by atoms with van der Waals surface area (Å²) in [6, 6.07) is 0. The number of nitrogens with zero attached hydrogens (tertiary/aromatic N) is 2. The molecule has 0 spiro atoms. The minimum absolute atomic E-state index is 0.399. The second-order valence-electron chi connectivity index (χ2n) is 5.68. The molecule has 1 amide bonds. The lowest BCUT2D eigenvalue weighted by atomic mass is 9.92. The minimum Gasteiger partial charge on any atom is -0.379 e. The molecule has 0 bridgehead atoms. The van der Waals surface area contributed by atoms with E-state index in [0.717, 1.165) is 26.1 Å². The molecule has 3 N–H and O–H groups in total. The van der Waals surface area contributed by atoms with Crippen LogP contribution in [0.5, 0.6) is 0 Å². The van der Waals surface area contributed by atoms with Crippen molar-refractivity contribution in [2.75, 3.05) is 39.3 Å². The second kappa shape index (κ2) is 5.99. The third kappa shape index (κ3) is 3.43. The lowest BCUT2D eigenvalue weighted by molar-refractivity contribution is -0.142. The summed E-state index contributed by atoms with van der Waals surface area (Å²) in [5, 5.41) is 10.1. The maximum absolute atomic E-state index is 11.3. The van der Waals surface area contributed by atoms with Crippen LogP contribution in [0.25, 0.3) is 0 Å². The summed E-state index contributed by atoms with van der Waals surface area (Å²) < 4.78 is 0. The van der Waals surface area contributed by atoms with Crippen LogP contribution < -0.4 is 5.73 Å². The highest BCUT2D eigenvalue weighted by Gasteiger charge is 2.38. The molecular weight excluding hydrogens is 230 g/mol. The predicted molar refractivity (Wildman–Crippen MR) is 70.1 cm³/mol. The van der Waals surface area contributed by atoms with E-state index in [2.05, 4.69) is 9.80 Å². The number of carbonyl (C=O) groups is 1. The number of carbonyl (C=O) groups excluding carboxylic acids is 1. The van der Waals surface area contributed by atoms with Gasteiger partial charge in [0.15, 0.2) is 5.60 Å². The van der Waals surface area contributed by atoms with Crippen LogP contribution in [0.1, 0.15) is 32.1 Å². The highest BCUT2D eigenvalue weighted by atomic mass is 16.3. The van der Waals surface area contributed by atoms with Crippen LogP contribution in [0.4, 0.5) is 0 Å². The van der Waals surface area contributed by atoms with Crippen LogP contribution in [0, 0.1) is 0 Å². The largest absolute Gasteiger partial charge is 0.379 e. The van der Waals surface area contributed by atoms with Gasteiger partial charge in [-0.3, -0.25) is 9.69 Å². The summed E-state index contributed by atoms with van der Waals surface area (Å²) in [4.78, 5) is 15.9. The zero-order chi connectivity index (χ0) is 13.0. The molecule has 1 unspecified atom stereocenters. The maximum atomic E-state index is 11.3. The topological polar surface area (TPSA) is 69.8 Å². The Morgan fingerprint density at radius 2 is 1.67 bits per heavy atom. The smallest absolute Gasteiger partial charge is 0.250 e. The number of hydrogen-bond donors (Lipinski definition) is 2. The number of primary amides is 1. The number of likely N-dealkylation sites (tertiary alicyclic amines) is 2. The summed E-state index contributed by atoms with van der Waals surface area (Å²) in [5.41, 5.74) is 3.97. The molecule has 2 fully saturated rings. The van der Waals surface area contributed by atoms with Crippen molar-refractivity contribution < 1.29 is 9.90 Å². The molecule has 2 heterocycles. The Balaban J connectivity index is 1.77. The lowest BCUT2D eigenvalue weighted by Crippen LogP contribution is -2.56. The summed E-state index contributed by atoms with van der Waals surface area (Å²) in [7, 11) is 0. The van der Waals surface area contributed by atoms with Crippen molar-refractivity contribution in [2.45, 2.75) is 37.7 Å². The Labute approximate surface area is 109 Å². The summed E-state index contributed by atoms with van der Waals surface area (Å²) in [5.74, 6) is -0.579. The van der Waals surface area contributed by atoms with Crippen molar-refractivity contribution >= 4 is 5.91 Å². The van der Waals surface area contributed by atoms with Gasteiger partial charge in [0.05, 0.1) is 0 Å². The SMILES string of the molecule is NC(=O)C1(O)CCCN(CCN2CCCCC2)C1. The van der Waals surface area contributed by atoms with Gasteiger partial charge in [-0.05, 0) is 45.3 Å². The number of rotatable bonds is 4. The fourth-order valence-corrected chi connectivity index (χ4v) is 2.98. The van der Waals surface area contributed by atoms with E-state index in [1.54, 1.807) is 0 Å². The van der Waals surface area contributed by atoms with E-state index in [1.807, 2.05) is 0 Å². The molecule has 2 aliphatic heterocycles. The minimum atomic E-state index is -1.31. The molecular formula is C13H25N3O2. The van der Waals surface area contributed by atoms with Crippen LogP contribution in [-0.2, 0) is 4.79 Å². The molecule has 5 heteroatoms. The molecule has 0 radical (unpaired) electrons. The molecule has 0 aromatic rings. The third-order valence-electron chi connectivity index (χ3n) is 4.19. The van der Waals surface area contributed by atoms with Crippen molar-refractivity contribution in [2.24, 2.45) is 5.73 Å². The number of amides is 1. The van der Waals surface area contributed by atoms with E-state index >= 15 is 0 Å². The number of nitrogens with two attached hydrogens (primary N) is 1. The molecule has 0 aliphatic carbocycles. The number of piperidine rings is 2. The first-order valence-corrected chi connectivity index (χ1v) is 7.07. The quantitative estimate of drug-likeness (QED) is 0.729. The van der Waals surface area contributed by atoms with E-state index < -0.39 is 11.5 Å². The highest BCUT2D eigenvalue weighted by Crippen LogP contribution is 2.20. The summed E-state index contributed by atoms with van der Waals surface area (Å²) in [6.45, 7) is 5.70. The van der Waals surface area contributed by atoms with Crippen molar-refractivity contribution in [1.82, 2.24) is 9.80 Å². The predicted octanol–water partition coefficient (Wildman–Crippen LogP) is -0.215. The summed E-state index contributed by atoms with van der Waals surface area (Å²) in [6.07, 6.45) is 5.29. The van der Waals surface area contributed by atoms with Gasteiger partial charge in [0.2, 0.25) is 0 Å². The molecule has 104 valence electrons. The molecule has 0 aromatic heterocycles. The maximum Gasteiger partial charge on any atom is 0.250 e. The van der Waals surface area contributed by atoms with Crippen molar-refractivity contribution in [3.8, 4) is 0 Å². The van der Waals surface area contributed by atoms with Gasteiger partial charge in [-0.2, -0.15) is 0 Å². The van der Waals surface area contributed by atoms with Crippen molar-refractivity contribution in [3.63, 3.8) is 0 Å². The van der Waals surface area contributed by atoms with Gasteiger partial charge < -0.3 is 15.7 Å². The standard InChI is InChI=1S/C13H25N3O2/c14-12(17)13(18)5-4-8-16(11-13)10-9-15-6-2-1-3-7-15/h18H,1-11H2,(H2,14,17). The Bertz CT molecular complexity index is 292. The van der Waals surface area contributed by atoms with E-state index in [9.17, 15) is 9.90 Å². The molecule has 2 aliphatic rings. The van der Waals surface area contributed by atoms with E-state index in [1.165, 1.54) is 32.4 Å². The Kier molecular flexibility index (Phi) is 4.59. The second-order valence-corrected chi connectivity index (χ2v) is 5.68. The third-order valence-corrected chi connectivity index (χ3v) is 4.19. The van der Waals surface area contributed by atoms with Crippen LogP contribution in [0.2, 0.25) is 0 Å². The van der Waals surface area contributed by atoms with Gasteiger partial charge in [-0.25, -0.2) is 0 Å². The van der Waals surface area contributed by atoms with E-state index in [-0.39, 0.29) is 0 Å². The van der Waals surface area contributed by atoms with Gasteiger partial charge in [0.25, 0.3) is 5.91 Å². The Hall–Kier alpha value is -0.650. The molecule has 1 atom stereocenters. The first-order chi connectivity index (χ1) is 8.60. The average Bonchev–Trinajstić information content (AvgIpc) is 2.38. The zero-order valence-corrected chi connectivity index (χ0v) is 11.1. The normalized spacial score (nSPS) is 31.4. The molecule has 0 saturated carbocycles. The van der Waals surface area contributed by atoms with E-state index in [4.69, 9.17) is 5.73 Å². The van der Waals surface area contributed by atoms with Crippen molar-refractivity contribution in [1.29, 1.82) is 0 Å². The van der Waals surface area contributed by atoms with Gasteiger partial charge >= 0.3 is 0 Å². The van der Waals surface area contributed by atoms with Gasteiger partial charge in [0, 0.05) is 19.6 Å². The summed E-state index contributed by atoms with van der Waals surface area (Å²) >= 11 is 0. The van der Waals surface area contributed by atoms with Gasteiger partial charge in [-0.15, -0.1) is 0 Å².